The zero-order chi connectivity index (χ0) is 25.9. The van der Waals surface area contributed by atoms with Crippen molar-refractivity contribution in [1.82, 2.24) is 14.3 Å². The molecule has 2 saturated heterocycles. The fourth-order valence-electron chi connectivity index (χ4n) is 5.38. The number of piperidine rings is 1. The third-order valence-corrected chi connectivity index (χ3v) is 12.5. The van der Waals surface area contributed by atoms with E-state index >= 15 is 0 Å². The van der Waals surface area contributed by atoms with Gasteiger partial charge in [-0.15, -0.1) is 0 Å². The maximum Gasteiger partial charge on any atom is 0.269 e. The van der Waals surface area contributed by atoms with Crippen LogP contribution in [-0.2, 0) is 19.9 Å². The Bertz CT molecular complexity index is 1410. The molecule has 0 spiro atoms. The molecule has 2 unspecified atom stereocenters. The van der Waals surface area contributed by atoms with Gasteiger partial charge >= 0.3 is 0 Å². The molecule has 2 aliphatic carbocycles. The van der Waals surface area contributed by atoms with Gasteiger partial charge in [-0.25, -0.2) is 16.8 Å². The molecule has 13 heteroatoms. The molecule has 2 aliphatic heterocycles. The van der Waals surface area contributed by atoms with Gasteiger partial charge in [0.2, 0.25) is 15.8 Å². The molecule has 0 amide bonds. The molecule has 1 aromatic carbocycles. The number of nitrogens with zero attached hydrogens (tertiary/aromatic N) is 3. The normalized spacial score (nSPS) is 26.2. The van der Waals surface area contributed by atoms with Crippen LogP contribution in [0.3, 0.4) is 0 Å². The van der Waals surface area contributed by atoms with Crippen LogP contribution in [0, 0.1) is 0 Å². The Kier molecular flexibility index (Phi) is 6.28. The Morgan fingerprint density at radius 1 is 0.919 bits per heavy atom. The molecule has 3 atom stereocenters. The van der Waals surface area contributed by atoms with E-state index in [1.165, 1.54) is 31.6 Å². The second kappa shape index (κ2) is 9.25. The van der Waals surface area contributed by atoms with Gasteiger partial charge in [0.05, 0.1) is 27.5 Å². The number of sulfone groups is 1. The van der Waals surface area contributed by atoms with E-state index < -0.39 is 19.9 Å². The lowest BCUT2D eigenvalue weighted by Crippen LogP contribution is -2.50. The predicted octanol–water partition coefficient (Wildman–Crippen LogP) is 3.73. The number of aromatic nitrogens is 2. The van der Waals surface area contributed by atoms with Gasteiger partial charge in [-0.1, -0.05) is 11.6 Å². The summed E-state index contributed by atoms with van der Waals surface area (Å²) in [4.78, 5) is 8.56. The molecule has 4 aliphatic rings. The average Bonchev–Trinajstić information content (AvgIpc) is 3.76. The van der Waals surface area contributed by atoms with Crippen molar-refractivity contribution in [3.8, 4) is 23.3 Å². The molecule has 3 heterocycles. The molecule has 10 nitrogen and oxygen atoms in total. The predicted molar refractivity (Wildman–Crippen MR) is 135 cm³/mol. The summed E-state index contributed by atoms with van der Waals surface area (Å²) >= 11 is 6.36. The minimum Gasteiger partial charge on any atom is -0.487 e. The number of methoxy groups -OCH3 is 1. The number of benzene rings is 1. The van der Waals surface area contributed by atoms with Gasteiger partial charge in [0.15, 0.2) is 9.84 Å². The summed E-state index contributed by atoms with van der Waals surface area (Å²) in [7, 11) is -5.18. The first-order chi connectivity index (χ1) is 17.7. The van der Waals surface area contributed by atoms with Crippen molar-refractivity contribution < 1.29 is 31.0 Å². The molecule has 2 bridgehead atoms. The Hall–Kier alpha value is -2.15. The van der Waals surface area contributed by atoms with Crippen LogP contribution in [0.25, 0.3) is 0 Å². The second-order valence-corrected chi connectivity index (χ2v) is 14.9. The van der Waals surface area contributed by atoms with E-state index in [9.17, 15) is 16.8 Å². The van der Waals surface area contributed by atoms with Crippen LogP contribution in [0.15, 0.2) is 29.4 Å². The summed E-state index contributed by atoms with van der Waals surface area (Å²) < 4.78 is 70.2. The Morgan fingerprint density at radius 2 is 1.57 bits per heavy atom. The topological polar surface area (TPSA) is 125 Å². The van der Waals surface area contributed by atoms with Crippen molar-refractivity contribution in [2.75, 3.05) is 7.11 Å². The van der Waals surface area contributed by atoms with E-state index in [1.807, 2.05) is 0 Å². The highest BCUT2D eigenvalue weighted by molar-refractivity contribution is 7.92. The summed E-state index contributed by atoms with van der Waals surface area (Å²) in [6.07, 6.45) is 6.71. The molecule has 200 valence electrons. The molecule has 4 fully saturated rings. The van der Waals surface area contributed by atoms with Crippen LogP contribution in [-0.4, -0.2) is 66.9 Å². The number of sulfonamides is 1. The fourth-order valence-corrected chi connectivity index (χ4v) is 9.64. The number of fused-ring (bicyclic) bond motifs is 2. The Morgan fingerprint density at radius 3 is 2.16 bits per heavy atom. The van der Waals surface area contributed by atoms with E-state index in [4.69, 9.17) is 25.8 Å². The van der Waals surface area contributed by atoms with Crippen molar-refractivity contribution in [2.24, 2.45) is 0 Å². The first kappa shape index (κ1) is 25.1. The summed E-state index contributed by atoms with van der Waals surface area (Å²) in [6.45, 7) is 0. The zero-order valence-corrected chi connectivity index (χ0v) is 22.6. The maximum atomic E-state index is 12.9. The molecular formula is C24H28ClN3O7S2. The van der Waals surface area contributed by atoms with E-state index in [1.54, 1.807) is 4.31 Å². The Labute approximate surface area is 221 Å². The van der Waals surface area contributed by atoms with Crippen molar-refractivity contribution in [3.05, 3.63) is 29.5 Å². The number of halogens is 1. The molecule has 0 radical (unpaired) electrons. The van der Waals surface area contributed by atoms with Crippen LogP contribution in [0.1, 0.15) is 51.4 Å². The first-order valence-corrected chi connectivity index (χ1v) is 15.9. The van der Waals surface area contributed by atoms with Gasteiger partial charge in [-0.2, -0.15) is 14.3 Å². The lowest BCUT2D eigenvalue weighted by molar-refractivity contribution is 0.0881. The summed E-state index contributed by atoms with van der Waals surface area (Å²) in [6, 6.07) is 4.21. The average molecular weight is 570 g/mol. The molecule has 6 rings (SSSR count). The second-order valence-electron chi connectivity index (χ2n) is 10.1. The summed E-state index contributed by atoms with van der Waals surface area (Å²) in [5.41, 5.74) is 0. The van der Waals surface area contributed by atoms with Crippen LogP contribution in [0.2, 0.25) is 5.02 Å². The minimum atomic E-state index is -3.38. The molecular weight excluding hydrogens is 542 g/mol. The smallest absolute Gasteiger partial charge is 0.269 e. The minimum absolute atomic E-state index is 0.0675. The standard InChI is InChI=1S/C24H28ClN3O7S2/c1-33-22-23(34-16-10-14-2-3-15(11-16)28(14)37(31,32)18-6-7-18)26-13-27-24(22)35-21-9-8-19(12-20(21)25)36(29,30)17-4-5-17/h8-9,12-18H,2-7,10-11H2,1H3/t14-,15?,16?/m0/s1. The molecule has 37 heavy (non-hydrogen) atoms. The number of ether oxygens (including phenoxy) is 3. The van der Waals surface area contributed by atoms with Crippen molar-refractivity contribution in [2.45, 2.75) is 84.9 Å². The van der Waals surface area contributed by atoms with Gasteiger partial charge in [-0.05, 0) is 56.7 Å². The highest BCUT2D eigenvalue weighted by Crippen LogP contribution is 2.45. The monoisotopic (exact) mass is 569 g/mol. The van der Waals surface area contributed by atoms with Crippen LogP contribution >= 0.6 is 11.6 Å². The molecule has 2 aromatic rings. The molecule has 0 N–H and O–H groups in total. The SMILES string of the molecule is COc1c(Oc2ccc(S(=O)(=O)C3CC3)cc2Cl)ncnc1OC1CC2CC[C@@H](C1)N2S(=O)(=O)C1CC1. The quantitative estimate of drug-likeness (QED) is 0.444. The van der Waals surface area contributed by atoms with E-state index in [0.29, 0.717) is 25.7 Å². The Balaban J connectivity index is 1.19. The summed E-state index contributed by atoms with van der Waals surface area (Å²) in [5.74, 6) is 0.660. The van der Waals surface area contributed by atoms with Crippen molar-refractivity contribution in [3.63, 3.8) is 0 Å². The fraction of sp³-hybridized carbons (Fsp3) is 0.583. The summed E-state index contributed by atoms with van der Waals surface area (Å²) in [5, 5.41) is -0.428. The first-order valence-electron chi connectivity index (χ1n) is 12.5. The van der Waals surface area contributed by atoms with Gasteiger partial charge in [0.1, 0.15) is 18.2 Å². The highest BCUT2D eigenvalue weighted by Gasteiger charge is 2.52. The zero-order valence-electron chi connectivity index (χ0n) is 20.2. The molecule has 2 saturated carbocycles. The van der Waals surface area contributed by atoms with Crippen molar-refractivity contribution in [1.29, 1.82) is 0 Å². The van der Waals surface area contributed by atoms with Crippen LogP contribution < -0.4 is 14.2 Å². The van der Waals surface area contributed by atoms with Gasteiger partial charge in [-0.3, -0.25) is 0 Å². The maximum absolute atomic E-state index is 12.9. The lowest BCUT2D eigenvalue weighted by atomic mass is 10.0. The highest BCUT2D eigenvalue weighted by atomic mass is 35.5. The van der Waals surface area contributed by atoms with Crippen LogP contribution in [0.5, 0.6) is 23.3 Å². The van der Waals surface area contributed by atoms with Crippen molar-refractivity contribution >= 4 is 31.5 Å². The van der Waals surface area contributed by atoms with E-state index in [-0.39, 0.29) is 61.9 Å². The van der Waals surface area contributed by atoms with Gasteiger partial charge in [0.25, 0.3) is 11.8 Å². The number of rotatable bonds is 9. The van der Waals surface area contributed by atoms with Crippen LogP contribution in [0.4, 0.5) is 0 Å². The van der Waals surface area contributed by atoms with E-state index in [0.717, 1.165) is 25.7 Å². The number of hydrogen-bond donors (Lipinski definition) is 0. The lowest BCUT2D eigenvalue weighted by Gasteiger charge is -2.37. The van der Waals surface area contributed by atoms with Gasteiger partial charge < -0.3 is 14.2 Å². The van der Waals surface area contributed by atoms with E-state index in [2.05, 4.69) is 9.97 Å². The molecule has 1 aromatic heterocycles. The third kappa shape index (κ3) is 4.66. The largest absolute Gasteiger partial charge is 0.487 e. The van der Waals surface area contributed by atoms with Gasteiger partial charge in [0, 0.05) is 24.9 Å². The third-order valence-electron chi connectivity index (χ3n) is 7.48. The number of hydrogen-bond acceptors (Lipinski definition) is 9.